The predicted molar refractivity (Wildman–Crippen MR) is 122 cm³/mol. The monoisotopic (exact) mass is 447 g/mol. The van der Waals surface area contributed by atoms with E-state index in [1.54, 1.807) is 49.4 Å². The molecule has 1 aliphatic rings. The van der Waals surface area contributed by atoms with Gasteiger partial charge in [0, 0.05) is 37.5 Å². The maximum absolute atomic E-state index is 12.8. The number of benzene rings is 1. The van der Waals surface area contributed by atoms with Crippen molar-refractivity contribution in [2.24, 2.45) is 0 Å². The molecule has 1 aromatic carbocycles. The van der Waals surface area contributed by atoms with Crippen molar-refractivity contribution in [2.75, 3.05) is 32.6 Å². The van der Waals surface area contributed by atoms with Crippen LogP contribution < -0.4 is 14.8 Å². The van der Waals surface area contributed by atoms with E-state index >= 15 is 0 Å². The quantitative estimate of drug-likeness (QED) is 0.619. The number of rotatable bonds is 6. The summed E-state index contributed by atoms with van der Waals surface area (Å²) in [5.74, 6) is 1.28. The molecule has 0 aliphatic carbocycles. The molecule has 0 unspecified atom stereocenters. The second kappa shape index (κ2) is 9.64. The van der Waals surface area contributed by atoms with Crippen LogP contribution in [0, 0.1) is 6.92 Å². The van der Waals surface area contributed by atoms with E-state index in [9.17, 15) is 9.59 Å². The summed E-state index contributed by atoms with van der Waals surface area (Å²) in [4.78, 5) is 40.5. The van der Waals surface area contributed by atoms with Crippen LogP contribution in [0.3, 0.4) is 0 Å². The van der Waals surface area contributed by atoms with Crippen molar-refractivity contribution in [1.29, 1.82) is 0 Å². The molecule has 9 heteroatoms. The normalized spacial score (nSPS) is 15.2. The first-order chi connectivity index (χ1) is 16.0. The Morgan fingerprint density at radius 2 is 1.88 bits per heavy atom. The number of nitrogens with zero attached hydrogens (tertiary/aromatic N) is 4. The molecule has 33 heavy (non-hydrogen) atoms. The highest BCUT2D eigenvalue weighted by atomic mass is 16.5. The third kappa shape index (κ3) is 4.77. The molecule has 1 N–H and O–H groups in total. The van der Waals surface area contributed by atoms with Gasteiger partial charge < -0.3 is 19.7 Å². The molecule has 0 radical (unpaired) electrons. The first kappa shape index (κ1) is 22.2. The summed E-state index contributed by atoms with van der Waals surface area (Å²) in [5.41, 5.74) is 2.06. The minimum absolute atomic E-state index is 0.00480. The maximum Gasteiger partial charge on any atom is 0.259 e. The van der Waals surface area contributed by atoms with Crippen molar-refractivity contribution in [3.8, 4) is 11.6 Å². The van der Waals surface area contributed by atoms with Crippen molar-refractivity contribution in [3.63, 3.8) is 0 Å². The fourth-order valence-electron chi connectivity index (χ4n) is 3.81. The molecule has 170 valence electrons. The SMILES string of the molecule is COc1ccc(C(=O)N2CC[C@@H](c3ncc(C(=O)Nc4ccccc4OC)c(C)n3)C2)cn1. The molecule has 2 amide bonds. The van der Waals surface area contributed by atoms with Crippen molar-refractivity contribution in [2.45, 2.75) is 19.3 Å². The summed E-state index contributed by atoms with van der Waals surface area (Å²) in [6, 6.07) is 10.6. The lowest BCUT2D eigenvalue weighted by Gasteiger charge is -2.16. The summed E-state index contributed by atoms with van der Waals surface area (Å²) in [7, 11) is 3.08. The fraction of sp³-hybridized carbons (Fsp3) is 0.292. The van der Waals surface area contributed by atoms with E-state index < -0.39 is 0 Å². The molecule has 0 spiro atoms. The van der Waals surface area contributed by atoms with Gasteiger partial charge in [0.1, 0.15) is 11.6 Å². The number of para-hydroxylation sites is 2. The Balaban J connectivity index is 1.43. The lowest BCUT2D eigenvalue weighted by Crippen LogP contribution is -2.28. The standard InChI is InChI=1S/C24H25N5O4/c1-15-18(23(30)28-19-6-4-5-7-20(19)32-2)13-26-22(27-15)17-10-11-29(14-17)24(31)16-8-9-21(33-3)25-12-16/h4-9,12-13,17H,10-11,14H2,1-3H3,(H,28,30)/t17-/m1/s1. The number of likely N-dealkylation sites (tertiary alicyclic amines) is 1. The average molecular weight is 447 g/mol. The molecule has 3 aromatic rings. The summed E-state index contributed by atoms with van der Waals surface area (Å²) in [6.45, 7) is 2.90. The fourth-order valence-corrected chi connectivity index (χ4v) is 3.81. The van der Waals surface area contributed by atoms with Gasteiger partial charge in [-0.15, -0.1) is 0 Å². The zero-order chi connectivity index (χ0) is 23.4. The lowest BCUT2D eigenvalue weighted by molar-refractivity contribution is 0.0790. The number of pyridine rings is 1. The molecule has 0 saturated carbocycles. The zero-order valence-corrected chi connectivity index (χ0v) is 18.7. The van der Waals surface area contributed by atoms with Crippen LogP contribution in [0.5, 0.6) is 11.6 Å². The van der Waals surface area contributed by atoms with Gasteiger partial charge in [-0.3, -0.25) is 9.59 Å². The molecule has 4 rings (SSSR count). The molecule has 3 heterocycles. The number of amides is 2. The number of ether oxygens (including phenoxy) is 2. The van der Waals surface area contributed by atoms with Crippen LogP contribution in [0.4, 0.5) is 5.69 Å². The number of nitrogens with one attached hydrogen (secondary N) is 1. The largest absolute Gasteiger partial charge is 0.495 e. The van der Waals surface area contributed by atoms with Gasteiger partial charge in [-0.1, -0.05) is 12.1 Å². The molecule has 0 bridgehead atoms. The van der Waals surface area contributed by atoms with E-state index in [0.29, 0.717) is 53.1 Å². The molecule has 1 fully saturated rings. The number of hydrogen-bond acceptors (Lipinski definition) is 7. The molecule has 1 aliphatic heterocycles. The Morgan fingerprint density at radius 3 is 2.58 bits per heavy atom. The van der Waals surface area contributed by atoms with Crippen LogP contribution in [0.15, 0.2) is 48.8 Å². The summed E-state index contributed by atoms with van der Waals surface area (Å²) in [5, 5.41) is 2.84. The van der Waals surface area contributed by atoms with Gasteiger partial charge in [-0.2, -0.15) is 0 Å². The highest BCUT2D eigenvalue weighted by Crippen LogP contribution is 2.27. The Kier molecular flexibility index (Phi) is 6.48. The molecule has 1 atom stereocenters. The predicted octanol–water partition coefficient (Wildman–Crippen LogP) is 3.08. The highest BCUT2D eigenvalue weighted by molar-refractivity contribution is 6.05. The number of anilines is 1. The van der Waals surface area contributed by atoms with Gasteiger partial charge in [-0.05, 0) is 31.5 Å². The van der Waals surface area contributed by atoms with Crippen molar-refractivity contribution in [3.05, 3.63) is 71.4 Å². The van der Waals surface area contributed by atoms with Gasteiger partial charge in [-0.25, -0.2) is 15.0 Å². The molecular weight excluding hydrogens is 422 g/mol. The number of carbonyl (C=O) groups excluding carboxylic acids is 2. The number of hydrogen-bond donors (Lipinski definition) is 1. The molecule has 1 saturated heterocycles. The third-order valence-corrected chi connectivity index (χ3v) is 5.63. The maximum atomic E-state index is 12.8. The van der Waals surface area contributed by atoms with Crippen LogP contribution in [0.2, 0.25) is 0 Å². The van der Waals surface area contributed by atoms with Crippen molar-refractivity contribution < 1.29 is 19.1 Å². The third-order valence-electron chi connectivity index (χ3n) is 5.63. The highest BCUT2D eigenvalue weighted by Gasteiger charge is 2.30. The Hall–Kier alpha value is -4.01. The summed E-state index contributed by atoms with van der Waals surface area (Å²) < 4.78 is 10.3. The van der Waals surface area contributed by atoms with Gasteiger partial charge in [0.25, 0.3) is 11.8 Å². The molecule has 9 nitrogen and oxygen atoms in total. The number of aryl methyl sites for hydroxylation is 1. The topological polar surface area (TPSA) is 107 Å². The Bertz CT molecular complexity index is 1170. The van der Waals surface area contributed by atoms with Crippen LogP contribution in [-0.2, 0) is 0 Å². The van der Waals surface area contributed by atoms with Gasteiger partial charge >= 0.3 is 0 Å². The van der Waals surface area contributed by atoms with E-state index in [1.807, 2.05) is 12.1 Å². The molecular formula is C24H25N5O4. The van der Waals surface area contributed by atoms with E-state index in [-0.39, 0.29) is 17.7 Å². The van der Waals surface area contributed by atoms with Crippen LogP contribution in [-0.4, -0.2) is 59.0 Å². The van der Waals surface area contributed by atoms with E-state index in [4.69, 9.17) is 9.47 Å². The van der Waals surface area contributed by atoms with Gasteiger partial charge in [0.05, 0.1) is 36.7 Å². The molecule has 2 aromatic heterocycles. The zero-order valence-electron chi connectivity index (χ0n) is 18.7. The summed E-state index contributed by atoms with van der Waals surface area (Å²) >= 11 is 0. The van der Waals surface area contributed by atoms with Crippen molar-refractivity contribution >= 4 is 17.5 Å². The van der Waals surface area contributed by atoms with E-state index in [0.717, 1.165) is 6.42 Å². The Labute approximate surface area is 191 Å². The Morgan fingerprint density at radius 1 is 1.06 bits per heavy atom. The van der Waals surface area contributed by atoms with E-state index in [1.165, 1.54) is 13.3 Å². The van der Waals surface area contributed by atoms with Crippen LogP contribution >= 0.6 is 0 Å². The number of carbonyl (C=O) groups is 2. The van der Waals surface area contributed by atoms with Gasteiger partial charge in [0.2, 0.25) is 5.88 Å². The minimum atomic E-state index is -0.307. The van der Waals surface area contributed by atoms with E-state index in [2.05, 4.69) is 20.3 Å². The smallest absolute Gasteiger partial charge is 0.259 e. The van der Waals surface area contributed by atoms with Gasteiger partial charge in [0.15, 0.2) is 0 Å². The summed E-state index contributed by atoms with van der Waals surface area (Å²) in [6.07, 6.45) is 3.81. The first-order valence-corrected chi connectivity index (χ1v) is 10.6. The first-order valence-electron chi connectivity index (χ1n) is 10.6. The number of aromatic nitrogens is 3. The van der Waals surface area contributed by atoms with Crippen molar-refractivity contribution in [1.82, 2.24) is 19.9 Å². The van der Waals surface area contributed by atoms with Crippen LogP contribution in [0.25, 0.3) is 0 Å². The minimum Gasteiger partial charge on any atom is -0.495 e. The lowest BCUT2D eigenvalue weighted by atomic mass is 10.1. The van der Waals surface area contributed by atoms with Crippen LogP contribution in [0.1, 0.15) is 44.6 Å². The number of methoxy groups -OCH3 is 2. The second-order valence-electron chi connectivity index (χ2n) is 7.71. The average Bonchev–Trinajstić information content (AvgIpc) is 3.34. The second-order valence-corrected chi connectivity index (χ2v) is 7.71.